The van der Waals surface area contributed by atoms with Gasteiger partial charge in [0.05, 0.1) is 12.0 Å². The Labute approximate surface area is 161 Å². The molecule has 5 nitrogen and oxygen atoms in total. The van der Waals surface area contributed by atoms with Crippen molar-refractivity contribution < 1.29 is 9.18 Å². The van der Waals surface area contributed by atoms with Gasteiger partial charge in [-0.1, -0.05) is 42.5 Å². The zero-order valence-corrected chi connectivity index (χ0v) is 15.3. The van der Waals surface area contributed by atoms with E-state index in [0.717, 1.165) is 22.4 Å². The number of halogens is 1. The molecule has 0 amide bonds. The van der Waals surface area contributed by atoms with Gasteiger partial charge < -0.3 is 5.32 Å². The van der Waals surface area contributed by atoms with Crippen molar-refractivity contribution in [3.8, 4) is 0 Å². The first-order valence-corrected chi connectivity index (χ1v) is 9.34. The van der Waals surface area contributed by atoms with Crippen LogP contribution in [0.4, 0.5) is 10.3 Å². The zero-order valence-electron chi connectivity index (χ0n) is 15.3. The van der Waals surface area contributed by atoms with E-state index < -0.39 is 0 Å². The Hall–Kier alpha value is -3.28. The molecule has 0 bridgehead atoms. The lowest BCUT2D eigenvalue weighted by atomic mass is 9.75. The van der Waals surface area contributed by atoms with Gasteiger partial charge in [0.25, 0.3) is 0 Å². The normalized spacial score (nSPS) is 23.4. The molecule has 0 spiro atoms. The Balaban J connectivity index is 1.62. The molecule has 0 radical (unpaired) electrons. The number of allylic oxidation sites excluding steroid dienone is 2. The van der Waals surface area contributed by atoms with Crippen LogP contribution in [0.2, 0.25) is 0 Å². The fraction of sp³-hybridized carbons (Fsp3) is 0.227. The zero-order chi connectivity index (χ0) is 19.3. The van der Waals surface area contributed by atoms with Crippen LogP contribution in [-0.2, 0) is 4.79 Å². The number of ketones is 1. The van der Waals surface area contributed by atoms with E-state index in [0.29, 0.717) is 12.4 Å². The number of Topliss-reactive ketones (excluding diaryl/α,β-unsaturated/α-hetero) is 1. The molecule has 28 heavy (non-hydrogen) atoms. The van der Waals surface area contributed by atoms with Crippen molar-refractivity contribution in [1.82, 2.24) is 14.8 Å². The number of hydrogen-bond donors (Lipinski definition) is 1. The van der Waals surface area contributed by atoms with Gasteiger partial charge in [0.2, 0.25) is 5.95 Å². The van der Waals surface area contributed by atoms with Gasteiger partial charge in [0.15, 0.2) is 0 Å². The molecule has 5 rings (SSSR count). The number of carbonyl (C=O) groups is 1. The number of fused-ring (bicyclic) bond motifs is 2. The molecule has 6 heteroatoms. The first kappa shape index (κ1) is 16.9. The predicted octanol–water partition coefficient (Wildman–Crippen LogP) is 4.00. The number of rotatable bonds is 2. The van der Waals surface area contributed by atoms with Gasteiger partial charge in [-0.3, -0.25) is 4.79 Å². The van der Waals surface area contributed by atoms with Crippen LogP contribution in [0.1, 0.15) is 35.1 Å². The van der Waals surface area contributed by atoms with Crippen molar-refractivity contribution in [2.75, 3.05) is 5.32 Å². The second kappa shape index (κ2) is 6.41. The average Bonchev–Trinajstić information content (AvgIpc) is 3.15. The summed E-state index contributed by atoms with van der Waals surface area (Å²) in [5, 5.41) is 7.69. The standard InChI is InChI=1S/C22H19FN4O/c1-13-4-2-3-5-17(13)21-20-18(26-22-24-12-25-27(21)22)10-15(11-19(20)28)14-6-8-16(23)9-7-14/h2-10,12,15,20-21H,11H2,1H3,(H,24,25,26)/t15-,20+,21+/m0/s1. The quantitative estimate of drug-likeness (QED) is 0.737. The Bertz CT molecular complexity index is 1090. The minimum absolute atomic E-state index is 0.0844. The molecular weight excluding hydrogens is 355 g/mol. The number of benzene rings is 2. The van der Waals surface area contributed by atoms with Crippen molar-refractivity contribution in [1.29, 1.82) is 0 Å². The van der Waals surface area contributed by atoms with Crippen LogP contribution >= 0.6 is 0 Å². The lowest BCUT2D eigenvalue weighted by molar-refractivity contribution is -0.123. The summed E-state index contributed by atoms with van der Waals surface area (Å²) in [6, 6.07) is 14.2. The second-order valence-corrected chi connectivity index (χ2v) is 7.38. The minimum atomic E-state index is -0.341. The summed E-state index contributed by atoms with van der Waals surface area (Å²) in [4.78, 5) is 17.6. The van der Waals surface area contributed by atoms with E-state index in [-0.39, 0.29) is 29.5 Å². The van der Waals surface area contributed by atoms with Crippen molar-refractivity contribution >= 4 is 11.7 Å². The summed E-state index contributed by atoms with van der Waals surface area (Å²) >= 11 is 0. The first-order valence-electron chi connectivity index (χ1n) is 9.34. The number of nitrogens with one attached hydrogen (secondary N) is 1. The van der Waals surface area contributed by atoms with E-state index in [1.165, 1.54) is 18.5 Å². The maximum absolute atomic E-state index is 13.3. The van der Waals surface area contributed by atoms with Crippen molar-refractivity contribution in [3.63, 3.8) is 0 Å². The molecule has 3 aromatic rings. The number of anilines is 1. The molecule has 2 aliphatic rings. The van der Waals surface area contributed by atoms with Gasteiger partial charge in [-0.05, 0) is 35.7 Å². The lowest BCUT2D eigenvalue weighted by Gasteiger charge is -2.38. The van der Waals surface area contributed by atoms with Gasteiger partial charge in [-0.2, -0.15) is 10.1 Å². The van der Waals surface area contributed by atoms with Crippen molar-refractivity contribution in [3.05, 3.63) is 89.1 Å². The molecule has 2 heterocycles. The van der Waals surface area contributed by atoms with Crippen molar-refractivity contribution in [2.24, 2.45) is 5.92 Å². The monoisotopic (exact) mass is 374 g/mol. The number of hydrogen-bond acceptors (Lipinski definition) is 4. The Kier molecular flexibility index (Phi) is 3.86. The highest BCUT2D eigenvalue weighted by molar-refractivity contribution is 5.88. The molecule has 1 N–H and O–H groups in total. The third-order valence-corrected chi connectivity index (χ3v) is 5.70. The molecule has 1 aromatic heterocycles. The lowest BCUT2D eigenvalue weighted by Crippen LogP contribution is -2.40. The Morgan fingerprint density at radius 2 is 1.93 bits per heavy atom. The highest BCUT2D eigenvalue weighted by Gasteiger charge is 2.43. The highest BCUT2D eigenvalue weighted by atomic mass is 19.1. The van der Waals surface area contributed by atoms with Crippen LogP contribution in [0, 0.1) is 18.7 Å². The number of nitrogens with zero attached hydrogens (tertiary/aromatic N) is 3. The summed E-state index contributed by atoms with van der Waals surface area (Å²) in [5.41, 5.74) is 3.96. The fourth-order valence-electron chi connectivity index (χ4n) is 4.33. The summed E-state index contributed by atoms with van der Waals surface area (Å²) in [6.07, 6.45) is 3.98. The van der Waals surface area contributed by atoms with Crippen LogP contribution in [0.3, 0.4) is 0 Å². The van der Waals surface area contributed by atoms with Crippen LogP contribution in [-0.4, -0.2) is 20.5 Å². The molecule has 0 fully saturated rings. The van der Waals surface area contributed by atoms with Gasteiger partial charge in [-0.25, -0.2) is 9.07 Å². The van der Waals surface area contributed by atoms with Crippen molar-refractivity contribution in [2.45, 2.75) is 25.3 Å². The SMILES string of the molecule is Cc1ccccc1[C@@H]1[C@H]2C(=O)C[C@@H](c3ccc(F)cc3)C=C2Nc2ncnn21. The molecule has 140 valence electrons. The van der Waals surface area contributed by atoms with E-state index in [4.69, 9.17) is 0 Å². The number of carbonyl (C=O) groups excluding carboxylic acids is 1. The van der Waals surface area contributed by atoms with Gasteiger partial charge in [-0.15, -0.1) is 0 Å². The molecule has 0 saturated heterocycles. The Morgan fingerprint density at radius 3 is 2.71 bits per heavy atom. The summed E-state index contributed by atoms with van der Waals surface area (Å²) in [7, 11) is 0. The number of aryl methyl sites for hydroxylation is 1. The van der Waals surface area contributed by atoms with Gasteiger partial charge in [0, 0.05) is 18.0 Å². The van der Waals surface area contributed by atoms with Crippen LogP contribution in [0.5, 0.6) is 0 Å². The number of aromatic nitrogens is 3. The maximum atomic E-state index is 13.3. The van der Waals surface area contributed by atoms with E-state index in [9.17, 15) is 9.18 Å². The predicted molar refractivity (Wildman–Crippen MR) is 103 cm³/mol. The van der Waals surface area contributed by atoms with Gasteiger partial charge >= 0.3 is 0 Å². The third-order valence-electron chi connectivity index (χ3n) is 5.70. The topological polar surface area (TPSA) is 59.8 Å². The fourth-order valence-corrected chi connectivity index (χ4v) is 4.33. The molecule has 0 saturated carbocycles. The Morgan fingerprint density at radius 1 is 1.14 bits per heavy atom. The molecule has 0 unspecified atom stereocenters. The molecule has 3 atom stereocenters. The molecule has 1 aliphatic carbocycles. The maximum Gasteiger partial charge on any atom is 0.226 e. The van der Waals surface area contributed by atoms with E-state index in [2.05, 4.69) is 21.5 Å². The highest BCUT2D eigenvalue weighted by Crippen LogP contribution is 2.44. The first-order chi connectivity index (χ1) is 13.6. The largest absolute Gasteiger partial charge is 0.328 e. The van der Waals surface area contributed by atoms with Crippen LogP contribution < -0.4 is 5.32 Å². The smallest absolute Gasteiger partial charge is 0.226 e. The van der Waals surface area contributed by atoms with E-state index in [1.54, 1.807) is 16.8 Å². The summed E-state index contributed by atoms with van der Waals surface area (Å²) < 4.78 is 15.1. The second-order valence-electron chi connectivity index (χ2n) is 7.38. The van der Waals surface area contributed by atoms with E-state index in [1.807, 2.05) is 31.2 Å². The van der Waals surface area contributed by atoms with Crippen LogP contribution in [0.15, 0.2) is 66.6 Å². The molecule has 2 aromatic carbocycles. The molecule has 1 aliphatic heterocycles. The third kappa shape index (κ3) is 2.64. The van der Waals surface area contributed by atoms with Crippen LogP contribution in [0.25, 0.3) is 0 Å². The summed E-state index contributed by atoms with van der Waals surface area (Å²) in [6.45, 7) is 2.05. The summed E-state index contributed by atoms with van der Waals surface area (Å²) in [5.74, 6) is 0.0720. The van der Waals surface area contributed by atoms with Gasteiger partial charge in [0.1, 0.15) is 17.9 Å². The minimum Gasteiger partial charge on any atom is -0.328 e. The van der Waals surface area contributed by atoms with E-state index >= 15 is 0 Å². The molecular formula is C22H19FN4O. The average molecular weight is 374 g/mol.